The molecule has 2 N–H and O–H groups in total. The van der Waals surface area contributed by atoms with Gasteiger partial charge in [-0.15, -0.1) is 0 Å². The van der Waals surface area contributed by atoms with Gasteiger partial charge in [-0.25, -0.2) is 0 Å². The summed E-state index contributed by atoms with van der Waals surface area (Å²) in [5, 5.41) is 19.7. The van der Waals surface area contributed by atoms with Gasteiger partial charge in [0.2, 0.25) is 0 Å². The lowest BCUT2D eigenvalue weighted by Crippen LogP contribution is -2.54. The number of quaternary nitrogens is 1. The van der Waals surface area contributed by atoms with Crippen molar-refractivity contribution in [1.82, 2.24) is 0 Å². The van der Waals surface area contributed by atoms with E-state index in [0.717, 1.165) is 25.7 Å². The Balaban J connectivity index is 3.70. The lowest BCUT2D eigenvalue weighted by molar-refractivity contribution is -0.875. The SMILES string of the molecule is [2H]CCCCCCCCCCCCCCCCCC(=O)[C@@](O)(CC(=O)O)C[N+](C)(C)C. The zero-order valence-corrected chi connectivity index (χ0v) is 20.1. The lowest BCUT2D eigenvalue weighted by Gasteiger charge is -2.33. The van der Waals surface area contributed by atoms with Gasteiger partial charge < -0.3 is 14.7 Å². The van der Waals surface area contributed by atoms with Crippen LogP contribution in [0.1, 0.15) is 117 Å². The summed E-state index contributed by atoms with van der Waals surface area (Å²) >= 11 is 0. The number of carboxylic acid groups (broad SMARTS) is 1. The molecule has 0 aromatic carbocycles. The monoisotopic (exact) mass is 429 g/mol. The number of aliphatic carboxylic acids is 1. The van der Waals surface area contributed by atoms with E-state index in [1.54, 1.807) is 0 Å². The molecular weight excluding hydrogens is 378 g/mol. The molecule has 0 saturated heterocycles. The van der Waals surface area contributed by atoms with E-state index < -0.39 is 18.0 Å². The fraction of sp³-hybridized carbons (Fsp3) is 0.920. The zero-order valence-electron chi connectivity index (χ0n) is 21.1. The van der Waals surface area contributed by atoms with Gasteiger partial charge >= 0.3 is 5.97 Å². The van der Waals surface area contributed by atoms with Crippen LogP contribution >= 0.6 is 0 Å². The molecule has 5 heteroatoms. The number of carboxylic acids is 1. The Morgan fingerprint density at radius 1 is 0.767 bits per heavy atom. The minimum Gasteiger partial charge on any atom is -0.481 e. The first kappa shape index (κ1) is 27.1. The van der Waals surface area contributed by atoms with Gasteiger partial charge in [0.1, 0.15) is 6.54 Å². The van der Waals surface area contributed by atoms with Crippen LogP contribution in [0.25, 0.3) is 0 Å². The number of nitrogens with zero attached hydrogens (tertiary/aromatic N) is 1. The van der Waals surface area contributed by atoms with Crippen molar-refractivity contribution in [1.29, 1.82) is 0 Å². The summed E-state index contributed by atoms with van der Waals surface area (Å²) in [5.41, 5.74) is -1.77. The predicted octanol–water partition coefficient (Wildman–Crippen LogP) is 5.73. The highest BCUT2D eigenvalue weighted by Crippen LogP contribution is 2.20. The maximum Gasteiger partial charge on any atom is 0.306 e. The number of unbranched alkanes of at least 4 members (excludes halogenated alkanes) is 14. The predicted molar refractivity (Wildman–Crippen MR) is 125 cm³/mol. The lowest BCUT2D eigenvalue weighted by atomic mass is 9.89. The van der Waals surface area contributed by atoms with Crippen molar-refractivity contribution in [3.8, 4) is 0 Å². The van der Waals surface area contributed by atoms with Gasteiger partial charge in [0, 0.05) is 7.79 Å². The molecule has 178 valence electrons. The van der Waals surface area contributed by atoms with Crippen molar-refractivity contribution in [3.63, 3.8) is 0 Å². The highest BCUT2D eigenvalue weighted by Gasteiger charge is 2.42. The first-order valence-corrected chi connectivity index (χ1v) is 12.2. The Labute approximate surface area is 187 Å². The van der Waals surface area contributed by atoms with Gasteiger partial charge in [0.25, 0.3) is 0 Å². The summed E-state index contributed by atoms with van der Waals surface area (Å²) in [6.45, 7) is 0.690. The van der Waals surface area contributed by atoms with Crippen LogP contribution in [-0.2, 0) is 9.59 Å². The van der Waals surface area contributed by atoms with Crippen LogP contribution in [0.2, 0.25) is 0 Å². The third-order valence-electron chi connectivity index (χ3n) is 5.60. The second-order valence-electron chi connectivity index (χ2n) is 10.0. The number of hydrogen-bond acceptors (Lipinski definition) is 3. The Morgan fingerprint density at radius 3 is 1.53 bits per heavy atom. The largest absolute Gasteiger partial charge is 0.481 e. The minimum atomic E-state index is -1.77. The van der Waals surface area contributed by atoms with Gasteiger partial charge in [-0.1, -0.05) is 96.8 Å². The topological polar surface area (TPSA) is 74.6 Å². The van der Waals surface area contributed by atoms with Gasteiger partial charge in [-0.05, 0) is 6.42 Å². The average Bonchev–Trinajstić information content (AvgIpc) is 2.65. The molecule has 0 spiro atoms. The van der Waals surface area contributed by atoms with Gasteiger partial charge in [-0.3, -0.25) is 9.59 Å². The molecule has 0 radical (unpaired) electrons. The molecule has 0 heterocycles. The summed E-state index contributed by atoms with van der Waals surface area (Å²) in [6, 6.07) is 0. The molecule has 0 aliphatic heterocycles. The van der Waals surface area contributed by atoms with E-state index in [1.165, 1.54) is 70.6 Å². The number of rotatable bonds is 21. The van der Waals surface area contributed by atoms with E-state index in [1.807, 2.05) is 21.1 Å². The van der Waals surface area contributed by atoms with Crippen molar-refractivity contribution in [2.75, 3.05) is 27.7 Å². The molecule has 0 saturated carbocycles. The van der Waals surface area contributed by atoms with Crippen LogP contribution < -0.4 is 0 Å². The normalized spacial score (nSPS) is 14.3. The number of likely N-dealkylation sites (N-methyl/N-ethyl adjacent to an activating group) is 1. The summed E-state index contributed by atoms with van der Waals surface area (Å²) in [7, 11) is 5.55. The summed E-state index contributed by atoms with van der Waals surface area (Å²) in [6.07, 6.45) is 17.8. The average molecular weight is 430 g/mol. The van der Waals surface area contributed by atoms with E-state index in [0.29, 0.717) is 11.4 Å². The quantitative estimate of drug-likeness (QED) is 0.180. The summed E-state index contributed by atoms with van der Waals surface area (Å²) < 4.78 is 7.47. The van der Waals surface area contributed by atoms with E-state index in [-0.39, 0.29) is 18.7 Å². The maximum absolute atomic E-state index is 12.5. The van der Waals surface area contributed by atoms with E-state index in [9.17, 15) is 14.7 Å². The Hall–Kier alpha value is -0.940. The molecule has 0 bridgehead atoms. The molecule has 0 aliphatic rings. The van der Waals surface area contributed by atoms with Gasteiger partial charge in [0.05, 0.1) is 27.6 Å². The molecule has 0 aliphatic carbocycles. The number of ketones is 1. The molecular formula is C25H50NO4+. The first-order valence-electron chi connectivity index (χ1n) is 12.9. The summed E-state index contributed by atoms with van der Waals surface area (Å²) in [4.78, 5) is 23.6. The van der Waals surface area contributed by atoms with E-state index in [4.69, 9.17) is 6.48 Å². The van der Waals surface area contributed by atoms with Crippen molar-refractivity contribution >= 4 is 11.8 Å². The fourth-order valence-electron chi connectivity index (χ4n) is 4.09. The third-order valence-corrected chi connectivity index (χ3v) is 5.60. The van der Waals surface area contributed by atoms with Crippen molar-refractivity contribution < 1.29 is 25.7 Å². The molecule has 0 amide bonds. The molecule has 5 nitrogen and oxygen atoms in total. The van der Waals surface area contributed by atoms with E-state index >= 15 is 0 Å². The second kappa shape index (κ2) is 16.7. The van der Waals surface area contributed by atoms with Crippen LogP contribution in [-0.4, -0.2) is 59.7 Å². The fourth-order valence-corrected chi connectivity index (χ4v) is 4.09. The highest BCUT2D eigenvalue weighted by atomic mass is 16.4. The number of carbonyl (C=O) groups is 2. The highest BCUT2D eigenvalue weighted by molar-refractivity contribution is 5.90. The molecule has 0 aromatic heterocycles. The minimum absolute atomic E-state index is 0.115. The van der Waals surface area contributed by atoms with E-state index in [2.05, 4.69) is 0 Å². The van der Waals surface area contributed by atoms with Crippen LogP contribution in [0.15, 0.2) is 0 Å². The molecule has 30 heavy (non-hydrogen) atoms. The van der Waals surface area contributed by atoms with Crippen LogP contribution in [0.4, 0.5) is 0 Å². The Morgan fingerprint density at radius 2 is 1.17 bits per heavy atom. The Kier molecular flexibility index (Phi) is 15.1. The molecule has 0 rings (SSSR count). The third kappa shape index (κ3) is 16.8. The molecule has 0 aromatic rings. The summed E-state index contributed by atoms with van der Waals surface area (Å²) in [5.74, 6) is -1.47. The number of carbonyl (C=O) groups excluding carboxylic acids is 1. The first-order chi connectivity index (χ1) is 14.6. The van der Waals surface area contributed by atoms with Crippen LogP contribution in [0.5, 0.6) is 0 Å². The van der Waals surface area contributed by atoms with Crippen molar-refractivity contribution in [2.24, 2.45) is 0 Å². The Bertz CT molecular complexity index is 479. The number of hydrogen-bond donors (Lipinski definition) is 2. The van der Waals surface area contributed by atoms with Crippen LogP contribution in [0, 0.1) is 0 Å². The standard InChI is InChI=1S/C25H49NO4/c1-5-6-7-8-9-10-11-12-13-14-15-16-17-18-19-20-23(27)25(30,21-24(28)29)22-26(2,3)4/h30H,5-22H2,1-4H3/p+1/t25-/m1/s1/i1D. The second-order valence-corrected chi connectivity index (χ2v) is 10.0. The van der Waals surface area contributed by atoms with Gasteiger partial charge in [-0.2, -0.15) is 0 Å². The number of aliphatic hydroxyl groups is 1. The molecule has 1 atom stereocenters. The van der Waals surface area contributed by atoms with Crippen LogP contribution in [0.3, 0.4) is 0 Å². The van der Waals surface area contributed by atoms with Crippen molar-refractivity contribution in [3.05, 3.63) is 0 Å². The number of Topliss-reactive ketones (excluding diaryl/α,β-unsaturated/α-hetero) is 1. The molecule has 0 fully saturated rings. The molecule has 0 unspecified atom stereocenters. The zero-order chi connectivity index (χ0) is 23.6. The smallest absolute Gasteiger partial charge is 0.306 e. The van der Waals surface area contributed by atoms with Gasteiger partial charge in [0.15, 0.2) is 11.4 Å². The van der Waals surface area contributed by atoms with Crippen molar-refractivity contribution in [2.45, 2.75) is 122 Å². The maximum atomic E-state index is 12.5.